The Kier molecular flexibility index (Phi) is 4.16. The first-order valence-corrected chi connectivity index (χ1v) is 7.07. The number of terminal acetylenes is 1. The highest BCUT2D eigenvalue weighted by atomic mass is 16.2. The van der Waals surface area contributed by atoms with Crippen LogP contribution in [-0.2, 0) is 6.54 Å². The SMILES string of the molecule is C#Cc1cccc(NC(=O)c2cn(Cc3ccccc3)nn2)c1. The summed E-state index contributed by atoms with van der Waals surface area (Å²) in [5, 5.41) is 10.7. The molecule has 5 heteroatoms. The number of hydrogen-bond acceptors (Lipinski definition) is 3. The minimum absolute atomic E-state index is 0.257. The van der Waals surface area contributed by atoms with Gasteiger partial charge in [0.15, 0.2) is 5.69 Å². The van der Waals surface area contributed by atoms with E-state index in [0.717, 1.165) is 5.56 Å². The number of anilines is 1. The van der Waals surface area contributed by atoms with Gasteiger partial charge in [0, 0.05) is 11.3 Å². The zero-order chi connectivity index (χ0) is 16.1. The Labute approximate surface area is 134 Å². The van der Waals surface area contributed by atoms with Crippen LogP contribution in [0.1, 0.15) is 21.6 Å². The third-order valence-corrected chi connectivity index (χ3v) is 3.25. The van der Waals surface area contributed by atoms with Gasteiger partial charge in [0.05, 0.1) is 12.7 Å². The van der Waals surface area contributed by atoms with Crippen LogP contribution in [0.25, 0.3) is 0 Å². The fourth-order valence-corrected chi connectivity index (χ4v) is 2.13. The van der Waals surface area contributed by atoms with Crippen LogP contribution in [0.3, 0.4) is 0 Å². The number of carbonyl (C=O) groups is 1. The Balaban J connectivity index is 1.70. The summed E-state index contributed by atoms with van der Waals surface area (Å²) >= 11 is 0. The molecule has 1 heterocycles. The molecule has 2 aromatic carbocycles. The number of rotatable bonds is 4. The topological polar surface area (TPSA) is 59.8 Å². The molecule has 0 fully saturated rings. The Morgan fingerprint density at radius 3 is 2.78 bits per heavy atom. The maximum Gasteiger partial charge on any atom is 0.277 e. The molecule has 5 nitrogen and oxygen atoms in total. The van der Waals surface area contributed by atoms with E-state index in [1.54, 1.807) is 35.1 Å². The summed E-state index contributed by atoms with van der Waals surface area (Å²) < 4.78 is 1.63. The molecule has 0 aliphatic heterocycles. The molecule has 0 saturated carbocycles. The lowest BCUT2D eigenvalue weighted by Gasteiger charge is -2.03. The summed E-state index contributed by atoms with van der Waals surface area (Å²) in [6, 6.07) is 16.9. The van der Waals surface area contributed by atoms with E-state index in [2.05, 4.69) is 21.5 Å². The van der Waals surface area contributed by atoms with Crippen LogP contribution in [0.2, 0.25) is 0 Å². The van der Waals surface area contributed by atoms with Crippen LogP contribution in [0.15, 0.2) is 60.8 Å². The monoisotopic (exact) mass is 302 g/mol. The van der Waals surface area contributed by atoms with Crippen molar-refractivity contribution in [3.8, 4) is 12.3 Å². The number of nitrogens with zero attached hydrogens (tertiary/aromatic N) is 3. The van der Waals surface area contributed by atoms with Gasteiger partial charge in [-0.2, -0.15) is 0 Å². The molecule has 1 amide bonds. The van der Waals surface area contributed by atoms with E-state index >= 15 is 0 Å². The molecule has 0 bridgehead atoms. The number of nitrogens with one attached hydrogen (secondary N) is 1. The lowest BCUT2D eigenvalue weighted by Crippen LogP contribution is -2.12. The predicted molar refractivity (Wildman–Crippen MR) is 87.9 cm³/mol. The van der Waals surface area contributed by atoms with Crippen LogP contribution >= 0.6 is 0 Å². The number of hydrogen-bond donors (Lipinski definition) is 1. The molecule has 23 heavy (non-hydrogen) atoms. The predicted octanol–water partition coefficient (Wildman–Crippen LogP) is 2.56. The van der Waals surface area contributed by atoms with Crippen molar-refractivity contribution in [1.29, 1.82) is 0 Å². The number of benzene rings is 2. The van der Waals surface area contributed by atoms with Gasteiger partial charge in [-0.1, -0.05) is 47.5 Å². The van der Waals surface area contributed by atoms with Crippen molar-refractivity contribution in [3.63, 3.8) is 0 Å². The molecule has 1 aromatic heterocycles. The number of carbonyl (C=O) groups excluding carboxylic acids is 1. The maximum atomic E-state index is 12.2. The van der Waals surface area contributed by atoms with E-state index in [-0.39, 0.29) is 11.6 Å². The summed E-state index contributed by atoms with van der Waals surface area (Å²) in [7, 11) is 0. The van der Waals surface area contributed by atoms with Crippen molar-refractivity contribution in [1.82, 2.24) is 15.0 Å². The molecule has 0 saturated heterocycles. The first-order valence-electron chi connectivity index (χ1n) is 7.07. The first-order chi connectivity index (χ1) is 11.2. The van der Waals surface area contributed by atoms with Gasteiger partial charge in [-0.25, -0.2) is 4.68 Å². The van der Waals surface area contributed by atoms with Crippen LogP contribution in [-0.4, -0.2) is 20.9 Å². The van der Waals surface area contributed by atoms with Crippen molar-refractivity contribution >= 4 is 11.6 Å². The van der Waals surface area contributed by atoms with E-state index in [9.17, 15) is 4.79 Å². The van der Waals surface area contributed by atoms with Gasteiger partial charge in [0.25, 0.3) is 5.91 Å². The molecule has 0 spiro atoms. The lowest BCUT2D eigenvalue weighted by atomic mass is 10.2. The smallest absolute Gasteiger partial charge is 0.277 e. The van der Waals surface area contributed by atoms with E-state index in [4.69, 9.17) is 6.42 Å². The second-order valence-corrected chi connectivity index (χ2v) is 4.97. The molecular weight excluding hydrogens is 288 g/mol. The minimum Gasteiger partial charge on any atom is -0.321 e. The molecule has 3 rings (SSSR count). The van der Waals surface area contributed by atoms with Crippen molar-refractivity contribution in [3.05, 3.63) is 77.6 Å². The largest absolute Gasteiger partial charge is 0.321 e. The number of amides is 1. The van der Waals surface area contributed by atoms with Gasteiger partial charge in [-0.05, 0) is 23.8 Å². The third kappa shape index (κ3) is 3.63. The highest BCUT2D eigenvalue weighted by molar-refractivity contribution is 6.02. The van der Waals surface area contributed by atoms with Crippen LogP contribution in [0.4, 0.5) is 5.69 Å². The molecule has 0 aliphatic carbocycles. The molecule has 3 aromatic rings. The Hall–Kier alpha value is -3.39. The second kappa shape index (κ2) is 6.58. The van der Waals surface area contributed by atoms with Gasteiger partial charge in [0.2, 0.25) is 0 Å². The van der Waals surface area contributed by atoms with Crippen molar-refractivity contribution in [2.24, 2.45) is 0 Å². The molecule has 0 atom stereocenters. The Bertz CT molecular complexity index is 862. The van der Waals surface area contributed by atoms with Crippen LogP contribution < -0.4 is 5.32 Å². The van der Waals surface area contributed by atoms with Gasteiger partial charge >= 0.3 is 0 Å². The second-order valence-electron chi connectivity index (χ2n) is 4.97. The van der Waals surface area contributed by atoms with Crippen molar-refractivity contribution in [2.75, 3.05) is 5.32 Å². The van der Waals surface area contributed by atoms with Gasteiger partial charge in [-0.3, -0.25) is 4.79 Å². The van der Waals surface area contributed by atoms with Crippen LogP contribution in [0.5, 0.6) is 0 Å². The first kappa shape index (κ1) is 14.5. The third-order valence-electron chi connectivity index (χ3n) is 3.25. The minimum atomic E-state index is -0.321. The quantitative estimate of drug-likeness (QED) is 0.754. The zero-order valence-corrected chi connectivity index (χ0v) is 12.3. The number of aromatic nitrogens is 3. The fourth-order valence-electron chi connectivity index (χ4n) is 2.13. The van der Waals surface area contributed by atoms with E-state index in [0.29, 0.717) is 17.8 Å². The summed E-state index contributed by atoms with van der Waals surface area (Å²) in [6.45, 7) is 0.563. The average molecular weight is 302 g/mol. The van der Waals surface area contributed by atoms with Crippen LogP contribution in [0, 0.1) is 12.3 Å². The van der Waals surface area contributed by atoms with E-state index in [1.165, 1.54) is 0 Å². The van der Waals surface area contributed by atoms with E-state index < -0.39 is 0 Å². The molecule has 0 unspecified atom stereocenters. The van der Waals surface area contributed by atoms with Gasteiger partial charge in [0.1, 0.15) is 0 Å². The Morgan fingerprint density at radius 2 is 2.00 bits per heavy atom. The highest BCUT2D eigenvalue weighted by Gasteiger charge is 2.11. The Morgan fingerprint density at radius 1 is 1.17 bits per heavy atom. The highest BCUT2D eigenvalue weighted by Crippen LogP contribution is 2.11. The summed E-state index contributed by atoms with van der Waals surface area (Å²) in [6.07, 6.45) is 6.97. The molecule has 112 valence electrons. The molecular formula is C18H14N4O. The molecule has 1 N–H and O–H groups in total. The summed E-state index contributed by atoms with van der Waals surface area (Å²) in [5.74, 6) is 2.21. The normalized spacial score (nSPS) is 10.0. The summed E-state index contributed by atoms with van der Waals surface area (Å²) in [4.78, 5) is 12.2. The van der Waals surface area contributed by atoms with Gasteiger partial charge in [-0.15, -0.1) is 11.5 Å². The molecule has 0 radical (unpaired) electrons. The van der Waals surface area contributed by atoms with Crippen molar-refractivity contribution < 1.29 is 4.79 Å². The van der Waals surface area contributed by atoms with Gasteiger partial charge < -0.3 is 5.32 Å². The van der Waals surface area contributed by atoms with Crippen molar-refractivity contribution in [2.45, 2.75) is 6.54 Å². The maximum absolute atomic E-state index is 12.2. The fraction of sp³-hybridized carbons (Fsp3) is 0.0556. The summed E-state index contributed by atoms with van der Waals surface area (Å²) in [5.41, 5.74) is 2.68. The van der Waals surface area contributed by atoms with E-state index in [1.807, 2.05) is 30.3 Å². The standard InChI is InChI=1S/C18H14N4O/c1-2-14-9-6-10-16(11-14)19-18(23)17-13-22(21-20-17)12-15-7-4-3-5-8-15/h1,3-11,13H,12H2,(H,19,23). The lowest BCUT2D eigenvalue weighted by molar-refractivity contribution is 0.102. The average Bonchev–Trinajstić information content (AvgIpc) is 3.04. The molecule has 0 aliphatic rings. The zero-order valence-electron chi connectivity index (χ0n) is 12.3.